The van der Waals surface area contributed by atoms with E-state index in [2.05, 4.69) is 13.5 Å². The molecule has 0 spiro atoms. The molecular weight excluding hydrogens is 362 g/mol. The van der Waals surface area contributed by atoms with Crippen molar-refractivity contribution in [2.45, 2.75) is 82.3 Å². The Labute approximate surface area is 163 Å². The molecule has 1 saturated heterocycles. The Balaban J connectivity index is 2.01. The van der Waals surface area contributed by atoms with Gasteiger partial charge in [0.2, 0.25) is 0 Å². The molecule has 27 heavy (non-hydrogen) atoms. The predicted molar refractivity (Wildman–Crippen MR) is 107 cm³/mol. The van der Waals surface area contributed by atoms with Gasteiger partial charge in [0.05, 0.1) is 10.9 Å². The van der Waals surface area contributed by atoms with Crippen LogP contribution < -0.4 is 0 Å². The number of unbranched alkanes of at least 4 members (excludes halogenated alkanes) is 5. The number of aryl methyl sites for hydroxylation is 1. The maximum absolute atomic E-state index is 12.9. The van der Waals surface area contributed by atoms with E-state index in [0.29, 0.717) is 6.42 Å². The van der Waals surface area contributed by atoms with Crippen LogP contribution in [0.25, 0.3) is 0 Å². The molecule has 1 aliphatic heterocycles. The zero-order valence-electron chi connectivity index (χ0n) is 16.4. The van der Waals surface area contributed by atoms with Gasteiger partial charge in [-0.25, -0.2) is 13.2 Å². The van der Waals surface area contributed by atoms with Crippen LogP contribution in [0.5, 0.6) is 0 Å². The van der Waals surface area contributed by atoms with Crippen LogP contribution >= 0.6 is 0 Å². The number of sulfonamides is 1. The van der Waals surface area contributed by atoms with Gasteiger partial charge >= 0.3 is 6.09 Å². The van der Waals surface area contributed by atoms with Crippen LogP contribution in [0.1, 0.15) is 63.9 Å². The standard InChI is InChI=1S/C21H31NO4S/c1-4-6-7-8-9-10-11-19-16-18(5-2)22(21(23)26-19)27(24,25)20-14-12-17(3)13-15-20/h5,12-15,18-19H,2,4,6-11,16H2,1,3H3/t18-,19-/m1/s1. The number of amides is 1. The summed E-state index contributed by atoms with van der Waals surface area (Å²) in [6.45, 7) is 7.81. The van der Waals surface area contributed by atoms with Crippen LogP contribution in [-0.4, -0.2) is 31.0 Å². The molecule has 0 N–H and O–H groups in total. The summed E-state index contributed by atoms with van der Waals surface area (Å²) in [5.41, 5.74) is 0.953. The fourth-order valence-electron chi connectivity index (χ4n) is 3.36. The van der Waals surface area contributed by atoms with Crippen molar-refractivity contribution in [2.24, 2.45) is 0 Å². The van der Waals surface area contributed by atoms with Crippen LogP contribution in [0, 0.1) is 6.92 Å². The highest BCUT2D eigenvalue weighted by Crippen LogP contribution is 2.29. The van der Waals surface area contributed by atoms with Gasteiger partial charge in [-0.3, -0.25) is 0 Å². The maximum Gasteiger partial charge on any atom is 0.424 e. The molecule has 1 aromatic carbocycles. The Kier molecular flexibility index (Phi) is 7.90. The van der Waals surface area contributed by atoms with Crippen LogP contribution in [0.3, 0.4) is 0 Å². The van der Waals surface area contributed by atoms with Gasteiger partial charge in [0.25, 0.3) is 10.0 Å². The second-order valence-corrected chi connectivity index (χ2v) is 9.03. The molecule has 0 bridgehead atoms. The Morgan fingerprint density at radius 1 is 1.15 bits per heavy atom. The molecular formula is C21H31NO4S. The minimum atomic E-state index is -3.96. The number of nitrogens with zero attached hydrogens (tertiary/aromatic N) is 1. The minimum absolute atomic E-state index is 0.0891. The van der Waals surface area contributed by atoms with Gasteiger partial charge < -0.3 is 4.74 Å². The van der Waals surface area contributed by atoms with Gasteiger partial charge in [-0.05, 0) is 31.9 Å². The van der Waals surface area contributed by atoms with Crippen LogP contribution in [-0.2, 0) is 14.8 Å². The molecule has 1 heterocycles. The number of carbonyl (C=O) groups excluding carboxylic acids is 1. The monoisotopic (exact) mass is 393 g/mol. The summed E-state index contributed by atoms with van der Waals surface area (Å²) in [5.74, 6) is 0. The lowest BCUT2D eigenvalue weighted by Crippen LogP contribution is -2.50. The van der Waals surface area contributed by atoms with Gasteiger partial charge in [-0.1, -0.05) is 62.8 Å². The van der Waals surface area contributed by atoms with Crippen LogP contribution in [0.2, 0.25) is 0 Å². The summed E-state index contributed by atoms with van der Waals surface area (Å²) in [6, 6.07) is 5.88. The summed E-state index contributed by atoms with van der Waals surface area (Å²) in [6.07, 6.45) is 8.67. The van der Waals surface area contributed by atoms with Gasteiger partial charge in [-0.2, -0.15) is 4.31 Å². The van der Waals surface area contributed by atoms with E-state index in [1.165, 1.54) is 43.9 Å². The molecule has 6 heteroatoms. The van der Waals surface area contributed by atoms with Crippen molar-refractivity contribution in [1.82, 2.24) is 4.31 Å². The first kappa shape index (κ1) is 21.5. The first-order valence-electron chi connectivity index (χ1n) is 9.84. The first-order valence-corrected chi connectivity index (χ1v) is 11.3. The molecule has 5 nitrogen and oxygen atoms in total. The number of hydrogen-bond donors (Lipinski definition) is 0. The summed E-state index contributed by atoms with van der Waals surface area (Å²) < 4.78 is 32.1. The zero-order chi connectivity index (χ0) is 19.9. The summed E-state index contributed by atoms with van der Waals surface area (Å²) >= 11 is 0. The third kappa shape index (κ3) is 5.58. The van der Waals surface area contributed by atoms with Crippen LogP contribution in [0.15, 0.2) is 41.8 Å². The fraction of sp³-hybridized carbons (Fsp3) is 0.571. The number of benzene rings is 1. The number of rotatable bonds is 10. The predicted octanol–water partition coefficient (Wildman–Crippen LogP) is 5.20. The van der Waals surface area contributed by atoms with Gasteiger partial charge in [0.1, 0.15) is 6.10 Å². The molecule has 0 radical (unpaired) electrons. The maximum atomic E-state index is 12.9. The zero-order valence-corrected chi connectivity index (χ0v) is 17.2. The lowest BCUT2D eigenvalue weighted by molar-refractivity contribution is 0.0310. The Morgan fingerprint density at radius 3 is 2.41 bits per heavy atom. The number of ether oxygens (including phenoxy) is 1. The SMILES string of the molecule is C=C[C@@H]1C[C@@H](CCCCCCCC)OC(=O)N1S(=O)(=O)c1ccc(C)cc1. The van der Waals surface area contributed by atoms with Gasteiger partial charge in [-0.15, -0.1) is 6.58 Å². The highest BCUT2D eigenvalue weighted by atomic mass is 32.2. The van der Waals surface area contributed by atoms with E-state index >= 15 is 0 Å². The molecule has 1 fully saturated rings. The third-order valence-electron chi connectivity index (χ3n) is 4.98. The van der Waals surface area contributed by atoms with Crippen molar-refractivity contribution in [1.29, 1.82) is 0 Å². The topological polar surface area (TPSA) is 63.7 Å². The molecule has 1 aromatic rings. The minimum Gasteiger partial charge on any atom is -0.445 e. The molecule has 0 aromatic heterocycles. The highest BCUT2D eigenvalue weighted by Gasteiger charge is 2.41. The van der Waals surface area contributed by atoms with E-state index in [1.807, 2.05) is 6.92 Å². The van der Waals surface area contributed by atoms with E-state index in [0.717, 1.165) is 29.1 Å². The lowest BCUT2D eigenvalue weighted by Gasteiger charge is -2.36. The molecule has 2 atom stereocenters. The van der Waals surface area contributed by atoms with Crippen molar-refractivity contribution in [3.05, 3.63) is 42.5 Å². The van der Waals surface area contributed by atoms with Crippen molar-refractivity contribution in [2.75, 3.05) is 0 Å². The average Bonchev–Trinajstić information content (AvgIpc) is 2.64. The van der Waals surface area contributed by atoms with E-state index < -0.39 is 22.2 Å². The second kappa shape index (κ2) is 9.93. The molecule has 0 saturated carbocycles. The Bertz CT molecular complexity index is 727. The summed E-state index contributed by atoms with van der Waals surface area (Å²) in [5, 5.41) is 0. The second-order valence-electron chi connectivity index (χ2n) is 7.21. The number of cyclic esters (lactones) is 1. The summed E-state index contributed by atoms with van der Waals surface area (Å²) in [4.78, 5) is 12.6. The quantitative estimate of drug-likeness (QED) is 0.405. The van der Waals surface area contributed by atoms with E-state index in [-0.39, 0.29) is 11.0 Å². The molecule has 2 rings (SSSR count). The third-order valence-corrected chi connectivity index (χ3v) is 6.79. The molecule has 1 amide bonds. The Hall–Kier alpha value is -1.82. The first-order chi connectivity index (χ1) is 12.9. The average molecular weight is 394 g/mol. The van der Waals surface area contributed by atoms with E-state index in [4.69, 9.17) is 4.74 Å². The largest absolute Gasteiger partial charge is 0.445 e. The van der Waals surface area contributed by atoms with Crippen molar-refractivity contribution in [3.63, 3.8) is 0 Å². The normalized spacial score (nSPS) is 20.4. The number of carbonyl (C=O) groups is 1. The van der Waals surface area contributed by atoms with E-state index in [1.54, 1.807) is 12.1 Å². The smallest absolute Gasteiger partial charge is 0.424 e. The van der Waals surface area contributed by atoms with Crippen molar-refractivity contribution in [3.8, 4) is 0 Å². The summed E-state index contributed by atoms with van der Waals surface area (Å²) in [7, 11) is -3.96. The van der Waals surface area contributed by atoms with Crippen molar-refractivity contribution >= 4 is 16.1 Å². The number of hydrogen-bond acceptors (Lipinski definition) is 4. The lowest BCUT2D eigenvalue weighted by atomic mass is 10.0. The van der Waals surface area contributed by atoms with Gasteiger partial charge in [0, 0.05) is 6.42 Å². The van der Waals surface area contributed by atoms with E-state index in [9.17, 15) is 13.2 Å². The molecule has 150 valence electrons. The highest BCUT2D eigenvalue weighted by molar-refractivity contribution is 7.89. The molecule has 1 aliphatic rings. The molecule has 0 aliphatic carbocycles. The fourth-order valence-corrected chi connectivity index (χ4v) is 4.84. The molecule has 0 unspecified atom stereocenters. The van der Waals surface area contributed by atoms with Gasteiger partial charge in [0.15, 0.2) is 0 Å². The van der Waals surface area contributed by atoms with Crippen molar-refractivity contribution < 1.29 is 17.9 Å². The van der Waals surface area contributed by atoms with Crippen LogP contribution in [0.4, 0.5) is 4.79 Å². The Morgan fingerprint density at radius 2 is 1.78 bits per heavy atom.